The molecule has 114 valence electrons. The highest BCUT2D eigenvalue weighted by Crippen LogP contribution is 2.33. The minimum absolute atomic E-state index is 0.123. The van der Waals surface area contributed by atoms with Crippen molar-refractivity contribution < 1.29 is 14.5 Å². The SMILES string of the molecule is COC(=O)c1cccc([N+](=O)[O-])c1Nc1cc(C)ccc1C. The molecule has 0 spiro atoms. The van der Waals surface area contributed by atoms with Gasteiger partial charge in [0.2, 0.25) is 0 Å². The smallest absolute Gasteiger partial charge is 0.340 e. The molecule has 6 nitrogen and oxygen atoms in total. The Labute approximate surface area is 127 Å². The van der Waals surface area contributed by atoms with Crippen LogP contribution < -0.4 is 5.32 Å². The van der Waals surface area contributed by atoms with Crippen LogP contribution in [0.15, 0.2) is 36.4 Å². The van der Waals surface area contributed by atoms with Gasteiger partial charge in [0, 0.05) is 11.8 Å². The van der Waals surface area contributed by atoms with Crippen molar-refractivity contribution in [1.29, 1.82) is 0 Å². The van der Waals surface area contributed by atoms with E-state index in [-0.39, 0.29) is 16.9 Å². The molecule has 0 aromatic heterocycles. The molecular weight excluding hydrogens is 284 g/mol. The zero-order chi connectivity index (χ0) is 16.3. The number of carbonyl (C=O) groups excluding carboxylic acids is 1. The molecule has 2 aromatic carbocycles. The molecule has 0 aliphatic heterocycles. The number of nitro benzene ring substituents is 1. The molecule has 0 radical (unpaired) electrons. The van der Waals surface area contributed by atoms with Crippen molar-refractivity contribution >= 4 is 23.0 Å². The minimum Gasteiger partial charge on any atom is -0.465 e. The molecular formula is C16H16N2O4. The maximum atomic E-state index is 11.9. The minimum atomic E-state index is -0.628. The molecule has 0 bridgehead atoms. The number of esters is 1. The molecule has 0 fully saturated rings. The molecule has 2 rings (SSSR count). The third-order valence-electron chi connectivity index (χ3n) is 3.30. The normalized spacial score (nSPS) is 10.1. The second-order valence-corrected chi connectivity index (χ2v) is 4.89. The molecule has 22 heavy (non-hydrogen) atoms. The molecule has 0 saturated carbocycles. The molecule has 0 heterocycles. The largest absolute Gasteiger partial charge is 0.465 e. The number of aryl methyl sites for hydroxylation is 2. The Morgan fingerprint density at radius 1 is 1.23 bits per heavy atom. The highest BCUT2D eigenvalue weighted by Gasteiger charge is 2.22. The van der Waals surface area contributed by atoms with E-state index in [9.17, 15) is 14.9 Å². The molecule has 2 aromatic rings. The maximum Gasteiger partial charge on any atom is 0.340 e. The lowest BCUT2D eigenvalue weighted by molar-refractivity contribution is -0.383. The van der Waals surface area contributed by atoms with E-state index in [1.54, 1.807) is 0 Å². The van der Waals surface area contributed by atoms with E-state index in [0.717, 1.165) is 11.1 Å². The third kappa shape index (κ3) is 3.06. The van der Waals surface area contributed by atoms with E-state index >= 15 is 0 Å². The van der Waals surface area contributed by atoms with Crippen LogP contribution >= 0.6 is 0 Å². The van der Waals surface area contributed by atoms with E-state index in [4.69, 9.17) is 4.74 Å². The molecule has 6 heteroatoms. The Hall–Kier alpha value is -2.89. The highest BCUT2D eigenvalue weighted by molar-refractivity contribution is 5.99. The highest BCUT2D eigenvalue weighted by atomic mass is 16.6. The van der Waals surface area contributed by atoms with Crippen LogP contribution in [0.1, 0.15) is 21.5 Å². The first kappa shape index (κ1) is 15.5. The average molecular weight is 300 g/mol. The molecule has 1 N–H and O–H groups in total. The van der Waals surface area contributed by atoms with Crippen molar-refractivity contribution in [3.05, 3.63) is 63.2 Å². The van der Waals surface area contributed by atoms with Crippen molar-refractivity contribution in [2.45, 2.75) is 13.8 Å². The summed E-state index contributed by atoms with van der Waals surface area (Å²) in [6.45, 7) is 3.81. The standard InChI is InChI=1S/C16H16N2O4/c1-10-7-8-11(2)13(9-10)17-15-12(16(19)22-3)5-4-6-14(15)18(20)21/h4-9,17H,1-3H3. The van der Waals surface area contributed by atoms with Crippen molar-refractivity contribution in [3.63, 3.8) is 0 Å². The summed E-state index contributed by atoms with van der Waals surface area (Å²) < 4.78 is 4.70. The van der Waals surface area contributed by atoms with E-state index in [0.29, 0.717) is 5.69 Å². The van der Waals surface area contributed by atoms with Crippen molar-refractivity contribution in [1.82, 2.24) is 0 Å². The zero-order valence-electron chi connectivity index (χ0n) is 12.5. The van der Waals surface area contributed by atoms with Crippen LogP contribution in [0.2, 0.25) is 0 Å². The number of rotatable bonds is 4. The van der Waals surface area contributed by atoms with E-state index in [1.165, 1.54) is 25.3 Å². The summed E-state index contributed by atoms with van der Waals surface area (Å²) >= 11 is 0. The molecule has 0 amide bonds. The predicted molar refractivity (Wildman–Crippen MR) is 83.6 cm³/mol. The van der Waals surface area contributed by atoms with Crippen LogP contribution in [0, 0.1) is 24.0 Å². The van der Waals surface area contributed by atoms with Gasteiger partial charge in [-0.15, -0.1) is 0 Å². The second-order valence-electron chi connectivity index (χ2n) is 4.89. The van der Waals surface area contributed by atoms with Gasteiger partial charge < -0.3 is 10.1 Å². The monoisotopic (exact) mass is 300 g/mol. The number of hydrogen-bond acceptors (Lipinski definition) is 5. The maximum absolute atomic E-state index is 11.9. The topological polar surface area (TPSA) is 81.5 Å². The number of nitro groups is 1. The summed E-state index contributed by atoms with van der Waals surface area (Å²) in [4.78, 5) is 22.6. The Balaban J connectivity index is 2.59. The number of ether oxygens (including phenoxy) is 1. The van der Waals surface area contributed by atoms with Gasteiger partial charge in [-0.3, -0.25) is 10.1 Å². The number of nitrogens with zero attached hydrogens (tertiary/aromatic N) is 1. The summed E-state index contributed by atoms with van der Waals surface area (Å²) in [5.41, 5.74) is 2.71. The number of para-hydroxylation sites is 1. The molecule has 0 aliphatic rings. The Kier molecular flexibility index (Phi) is 4.41. The van der Waals surface area contributed by atoms with E-state index in [1.807, 2.05) is 32.0 Å². The quantitative estimate of drug-likeness (QED) is 0.528. The molecule has 0 saturated heterocycles. The van der Waals surface area contributed by atoms with Crippen molar-refractivity contribution in [2.75, 3.05) is 12.4 Å². The van der Waals surface area contributed by atoms with Crippen LogP contribution in [-0.2, 0) is 4.74 Å². The van der Waals surface area contributed by atoms with Gasteiger partial charge in [-0.25, -0.2) is 4.79 Å². The summed E-state index contributed by atoms with van der Waals surface area (Å²) in [6.07, 6.45) is 0. The van der Waals surface area contributed by atoms with Gasteiger partial charge in [-0.05, 0) is 37.1 Å². The summed E-state index contributed by atoms with van der Waals surface area (Å²) in [5.74, 6) is -0.628. The Morgan fingerprint density at radius 3 is 2.59 bits per heavy atom. The lowest BCUT2D eigenvalue weighted by Gasteiger charge is -2.13. The molecule has 0 unspecified atom stereocenters. The first-order valence-corrected chi connectivity index (χ1v) is 6.64. The fraction of sp³-hybridized carbons (Fsp3) is 0.188. The fourth-order valence-electron chi connectivity index (χ4n) is 2.11. The zero-order valence-corrected chi connectivity index (χ0v) is 12.5. The summed E-state index contributed by atoms with van der Waals surface area (Å²) in [5, 5.41) is 14.2. The van der Waals surface area contributed by atoms with E-state index in [2.05, 4.69) is 5.32 Å². The summed E-state index contributed by atoms with van der Waals surface area (Å²) in [6, 6.07) is 10.0. The molecule has 0 atom stereocenters. The van der Waals surface area contributed by atoms with Crippen LogP contribution in [0.5, 0.6) is 0 Å². The lowest BCUT2D eigenvalue weighted by atomic mass is 10.1. The third-order valence-corrected chi connectivity index (χ3v) is 3.30. The van der Waals surface area contributed by atoms with Gasteiger partial charge in [0.25, 0.3) is 5.69 Å². The van der Waals surface area contributed by atoms with Crippen LogP contribution in [0.4, 0.5) is 17.1 Å². The van der Waals surface area contributed by atoms with E-state index < -0.39 is 10.9 Å². The number of anilines is 2. The summed E-state index contributed by atoms with van der Waals surface area (Å²) in [7, 11) is 1.24. The first-order chi connectivity index (χ1) is 10.4. The average Bonchev–Trinajstić information content (AvgIpc) is 2.50. The molecule has 0 aliphatic carbocycles. The van der Waals surface area contributed by atoms with Crippen LogP contribution in [-0.4, -0.2) is 18.0 Å². The number of nitrogens with one attached hydrogen (secondary N) is 1. The van der Waals surface area contributed by atoms with Crippen molar-refractivity contribution in [2.24, 2.45) is 0 Å². The van der Waals surface area contributed by atoms with Gasteiger partial charge in [0.15, 0.2) is 0 Å². The number of carbonyl (C=O) groups is 1. The Bertz CT molecular complexity index is 741. The second kappa shape index (κ2) is 6.26. The van der Waals surface area contributed by atoms with Gasteiger partial charge >= 0.3 is 5.97 Å². The lowest BCUT2D eigenvalue weighted by Crippen LogP contribution is -2.08. The van der Waals surface area contributed by atoms with Crippen LogP contribution in [0.25, 0.3) is 0 Å². The van der Waals surface area contributed by atoms with Gasteiger partial charge in [-0.2, -0.15) is 0 Å². The number of benzene rings is 2. The predicted octanol–water partition coefficient (Wildman–Crippen LogP) is 3.74. The van der Waals surface area contributed by atoms with Gasteiger partial charge in [0.05, 0.1) is 17.6 Å². The number of hydrogen-bond donors (Lipinski definition) is 1. The van der Waals surface area contributed by atoms with Gasteiger partial charge in [0.1, 0.15) is 5.69 Å². The first-order valence-electron chi connectivity index (χ1n) is 6.64. The van der Waals surface area contributed by atoms with Crippen LogP contribution in [0.3, 0.4) is 0 Å². The fourth-order valence-corrected chi connectivity index (χ4v) is 2.11. The van der Waals surface area contributed by atoms with Gasteiger partial charge in [-0.1, -0.05) is 18.2 Å². The van der Waals surface area contributed by atoms with Crippen molar-refractivity contribution in [3.8, 4) is 0 Å². The number of methoxy groups -OCH3 is 1. The Morgan fingerprint density at radius 2 is 1.95 bits per heavy atom.